The SMILES string of the molecule is NCCCCC(=O)C(=O)O.N[C@@H](CCCC(=O)C(=O)O)C(=O)O. The van der Waals surface area contributed by atoms with Gasteiger partial charge in [-0.25, -0.2) is 9.59 Å². The Morgan fingerprint density at radius 3 is 1.57 bits per heavy atom. The Morgan fingerprint density at radius 1 is 0.783 bits per heavy atom. The zero-order valence-electron chi connectivity index (χ0n) is 12.6. The lowest BCUT2D eigenvalue weighted by Crippen LogP contribution is -2.30. The second-order valence-electron chi connectivity index (χ2n) is 4.54. The van der Waals surface area contributed by atoms with Crippen LogP contribution in [0.15, 0.2) is 0 Å². The molecule has 0 aromatic heterocycles. The third-order valence-corrected chi connectivity index (χ3v) is 2.57. The molecule has 0 fully saturated rings. The molecule has 0 aromatic carbocycles. The van der Waals surface area contributed by atoms with Crippen molar-refractivity contribution in [2.75, 3.05) is 6.54 Å². The van der Waals surface area contributed by atoms with Crippen molar-refractivity contribution in [3.8, 4) is 0 Å². The Hall–Kier alpha value is -2.33. The summed E-state index contributed by atoms with van der Waals surface area (Å²) in [5, 5.41) is 24.6. The van der Waals surface area contributed by atoms with Gasteiger partial charge in [-0.2, -0.15) is 0 Å². The molecule has 1 atom stereocenters. The lowest BCUT2D eigenvalue weighted by atomic mass is 10.1. The van der Waals surface area contributed by atoms with Crippen LogP contribution in [0.5, 0.6) is 0 Å². The van der Waals surface area contributed by atoms with Gasteiger partial charge in [-0.05, 0) is 32.2 Å². The van der Waals surface area contributed by atoms with E-state index in [2.05, 4.69) is 0 Å². The molecule has 7 N–H and O–H groups in total. The van der Waals surface area contributed by atoms with Crippen LogP contribution in [0.1, 0.15) is 38.5 Å². The summed E-state index contributed by atoms with van der Waals surface area (Å²) in [6.07, 6.45) is 1.50. The Labute approximate surface area is 132 Å². The standard InChI is InChI=1S/C7H11NO5.C6H11NO3/c8-4(6(10)11)2-1-3-5(9)7(12)13;7-4-2-1-3-5(8)6(9)10/h4H,1-3,8H2,(H,10,11)(H,12,13);1-4,7H2,(H,9,10)/t4-;/m0./s1. The van der Waals surface area contributed by atoms with E-state index in [1.54, 1.807) is 0 Å². The van der Waals surface area contributed by atoms with E-state index in [0.717, 1.165) is 0 Å². The van der Waals surface area contributed by atoms with Crippen molar-refractivity contribution in [1.29, 1.82) is 0 Å². The highest BCUT2D eigenvalue weighted by Gasteiger charge is 2.14. The summed E-state index contributed by atoms with van der Waals surface area (Å²) < 4.78 is 0. The fourth-order valence-electron chi connectivity index (χ4n) is 1.25. The van der Waals surface area contributed by atoms with Gasteiger partial charge in [0.25, 0.3) is 0 Å². The summed E-state index contributed by atoms with van der Waals surface area (Å²) in [6, 6.07) is -1.03. The molecule has 0 saturated carbocycles. The van der Waals surface area contributed by atoms with Crippen LogP contribution >= 0.6 is 0 Å². The highest BCUT2D eigenvalue weighted by molar-refractivity contribution is 6.32. The van der Waals surface area contributed by atoms with Crippen molar-refractivity contribution in [3.05, 3.63) is 0 Å². The molecule has 0 aliphatic heterocycles. The molecule has 0 spiro atoms. The van der Waals surface area contributed by atoms with Crippen LogP contribution in [0.2, 0.25) is 0 Å². The zero-order chi connectivity index (χ0) is 18.4. The highest BCUT2D eigenvalue weighted by Crippen LogP contribution is 2.00. The van der Waals surface area contributed by atoms with Gasteiger partial charge in [0.15, 0.2) is 0 Å². The van der Waals surface area contributed by atoms with Gasteiger partial charge in [-0.3, -0.25) is 14.4 Å². The average molecular weight is 334 g/mol. The van der Waals surface area contributed by atoms with Crippen LogP contribution < -0.4 is 11.5 Å². The van der Waals surface area contributed by atoms with Crippen molar-refractivity contribution < 1.29 is 39.3 Å². The number of ketones is 2. The number of rotatable bonds is 11. The van der Waals surface area contributed by atoms with Gasteiger partial charge in [-0.15, -0.1) is 0 Å². The van der Waals surface area contributed by atoms with Crippen LogP contribution in [-0.2, 0) is 24.0 Å². The molecule has 0 aliphatic rings. The van der Waals surface area contributed by atoms with Crippen LogP contribution in [0, 0.1) is 0 Å². The largest absolute Gasteiger partial charge is 0.480 e. The first kappa shape index (κ1) is 22.9. The van der Waals surface area contributed by atoms with E-state index in [9.17, 15) is 24.0 Å². The smallest absolute Gasteiger partial charge is 0.372 e. The van der Waals surface area contributed by atoms with Gasteiger partial charge in [0.05, 0.1) is 0 Å². The van der Waals surface area contributed by atoms with Gasteiger partial charge in [0, 0.05) is 12.8 Å². The molecule has 0 bridgehead atoms. The van der Waals surface area contributed by atoms with E-state index in [-0.39, 0.29) is 25.7 Å². The maximum Gasteiger partial charge on any atom is 0.372 e. The van der Waals surface area contributed by atoms with E-state index in [1.807, 2.05) is 0 Å². The molecule has 0 heterocycles. The first-order chi connectivity index (χ1) is 10.6. The molecule has 0 aliphatic carbocycles. The topological polar surface area (TPSA) is 198 Å². The Kier molecular flexibility index (Phi) is 13.3. The summed E-state index contributed by atoms with van der Waals surface area (Å²) in [6.45, 7) is 0.507. The maximum atomic E-state index is 10.5. The molecule has 0 aromatic rings. The monoisotopic (exact) mass is 334 g/mol. The van der Waals surface area contributed by atoms with E-state index >= 15 is 0 Å². The first-order valence-electron chi connectivity index (χ1n) is 6.84. The predicted molar refractivity (Wildman–Crippen MR) is 77.7 cm³/mol. The summed E-state index contributed by atoms with van der Waals surface area (Å²) in [4.78, 5) is 51.0. The molecular weight excluding hydrogens is 312 g/mol. The second-order valence-corrected chi connectivity index (χ2v) is 4.54. The molecule has 0 unspecified atom stereocenters. The summed E-state index contributed by atoms with van der Waals surface area (Å²) in [7, 11) is 0. The van der Waals surface area contributed by atoms with Crippen LogP contribution in [0.4, 0.5) is 0 Å². The minimum absolute atomic E-state index is 0.104. The average Bonchev–Trinajstić information content (AvgIpc) is 2.47. The molecule has 10 nitrogen and oxygen atoms in total. The van der Waals surface area contributed by atoms with Crippen molar-refractivity contribution in [3.63, 3.8) is 0 Å². The van der Waals surface area contributed by atoms with Crippen LogP contribution in [-0.4, -0.2) is 57.4 Å². The minimum atomic E-state index is -1.50. The number of Topliss-reactive ketones (excluding diaryl/α,β-unsaturated/α-hetero) is 2. The van der Waals surface area contributed by atoms with E-state index in [0.29, 0.717) is 19.4 Å². The first-order valence-corrected chi connectivity index (χ1v) is 6.84. The van der Waals surface area contributed by atoms with E-state index in [4.69, 9.17) is 26.8 Å². The summed E-state index contributed by atoms with van der Waals surface area (Å²) in [5.74, 6) is -5.64. The lowest BCUT2D eigenvalue weighted by molar-refractivity contribution is -0.149. The lowest BCUT2D eigenvalue weighted by Gasteiger charge is -2.03. The molecule has 0 rings (SSSR count). The molecular formula is C13H22N2O8. The number of carboxylic acid groups (broad SMARTS) is 3. The number of nitrogens with two attached hydrogens (primary N) is 2. The molecule has 0 saturated heterocycles. The van der Waals surface area contributed by atoms with Crippen molar-refractivity contribution in [2.24, 2.45) is 11.5 Å². The minimum Gasteiger partial charge on any atom is -0.480 e. The normalized spacial score (nSPS) is 10.9. The second kappa shape index (κ2) is 13.3. The zero-order valence-corrected chi connectivity index (χ0v) is 12.6. The van der Waals surface area contributed by atoms with Crippen molar-refractivity contribution in [1.82, 2.24) is 0 Å². The Bertz CT molecular complexity index is 436. The molecule has 0 radical (unpaired) electrons. The van der Waals surface area contributed by atoms with Gasteiger partial charge in [0.1, 0.15) is 6.04 Å². The number of hydrogen-bond acceptors (Lipinski definition) is 7. The van der Waals surface area contributed by atoms with Crippen LogP contribution in [0.25, 0.3) is 0 Å². The fourth-order valence-corrected chi connectivity index (χ4v) is 1.25. The summed E-state index contributed by atoms with van der Waals surface area (Å²) in [5.41, 5.74) is 10.3. The van der Waals surface area contributed by atoms with Gasteiger partial charge >= 0.3 is 17.9 Å². The predicted octanol–water partition coefficient (Wildman–Crippen LogP) is -1.01. The number of carbonyl (C=O) groups is 5. The Morgan fingerprint density at radius 2 is 1.22 bits per heavy atom. The maximum absolute atomic E-state index is 10.5. The fraction of sp³-hybridized carbons (Fsp3) is 0.615. The number of carboxylic acids is 3. The molecule has 10 heteroatoms. The third-order valence-electron chi connectivity index (χ3n) is 2.57. The van der Waals surface area contributed by atoms with Gasteiger partial charge in [-0.1, -0.05) is 0 Å². The molecule has 0 amide bonds. The third kappa shape index (κ3) is 14.4. The number of aliphatic carboxylic acids is 3. The number of unbranched alkanes of at least 4 members (excludes halogenated alkanes) is 1. The van der Waals surface area contributed by atoms with Crippen molar-refractivity contribution in [2.45, 2.75) is 44.6 Å². The number of hydrogen-bond donors (Lipinski definition) is 5. The Balaban J connectivity index is 0. The van der Waals surface area contributed by atoms with Crippen LogP contribution in [0.3, 0.4) is 0 Å². The van der Waals surface area contributed by atoms with Gasteiger partial charge in [0.2, 0.25) is 11.6 Å². The quantitative estimate of drug-likeness (QED) is 0.230. The van der Waals surface area contributed by atoms with E-state index in [1.165, 1.54) is 0 Å². The number of carbonyl (C=O) groups excluding carboxylic acids is 2. The summed E-state index contributed by atoms with van der Waals surface area (Å²) >= 11 is 0. The molecule has 132 valence electrons. The van der Waals surface area contributed by atoms with E-state index < -0.39 is 35.5 Å². The van der Waals surface area contributed by atoms with Crippen molar-refractivity contribution >= 4 is 29.5 Å². The van der Waals surface area contributed by atoms with Gasteiger partial charge < -0.3 is 26.8 Å². The molecule has 23 heavy (non-hydrogen) atoms. The highest BCUT2D eigenvalue weighted by atomic mass is 16.4.